The van der Waals surface area contributed by atoms with Crippen molar-refractivity contribution < 1.29 is 4.79 Å². The maximum Gasteiger partial charge on any atom is 0.165 e. The van der Waals surface area contributed by atoms with Gasteiger partial charge in [-0.15, -0.1) is 0 Å². The van der Waals surface area contributed by atoms with E-state index in [2.05, 4.69) is 24.0 Å². The van der Waals surface area contributed by atoms with Crippen LogP contribution in [0.1, 0.15) is 29.3 Å². The third-order valence-corrected chi connectivity index (χ3v) is 3.61. The van der Waals surface area contributed by atoms with Gasteiger partial charge in [-0.2, -0.15) is 0 Å². The van der Waals surface area contributed by atoms with Gasteiger partial charge in [-0.1, -0.05) is 36.4 Å². The molecule has 0 atom stereocenters. The summed E-state index contributed by atoms with van der Waals surface area (Å²) in [6, 6.07) is 11.9. The SMILES string of the molecule is CCC(=O)c1cccnc1Sc1cccc(C)c1. The fourth-order valence-electron chi connectivity index (χ4n) is 1.67. The van der Waals surface area contributed by atoms with Crippen molar-refractivity contribution in [2.45, 2.75) is 30.2 Å². The van der Waals surface area contributed by atoms with Crippen LogP contribution < -0.4 is 0 Å². The molecule has 2 nitrogen and oxygen atoms in total. The van der Waals surface area contributed by atoms with Gasteiger partial charge < -0.3 is 0 Å². The quantitative estimate of drug-likeness (QED) is 0.771. The molecule has 0 aliphatic rings. The second kappa shape index (κ2) is 5.83. The third-order valence-electron chi connectivity index (χ3n) is 2.60. The van der Waals surface area contributed by atoms with Gasteiger partial charge in [-0.25, -0.2) is 4.98 Å². The summed E-state index contributed by atoms with van der Waals surface area (Å²) in [5, 5.41) is 0.787. The van der Waals surface area contributed by atoms with Crippen molar-refractivity contribution >= 4 is 17.5 Å². The van der Waals surface area contributed by atoms with E-state index in [0.29, 0.717) is 12.0 Å². The van der Waals surface area contributed by atoms with E-state index < -0.39 is 0 Å². The molecular weight excluding hydrogens is 242 g/mol. The second-order valence-electron chi connectivity index (χ2n) is 4.05. The minimum Gasteiger partial charge on any atom is -0.294 e. The molecule has 1 heterocycles. The largest absolute Gasteiger partial charge is 0.294 e. The van der Waals surface area contributed by atoms with Crippen LogP contribution in [0.5, 0.6) is 0 Å². The highest BCUT2D eigenvalue weighted by Crippen LogP contribution is 2.29. The molecule has 0 saturated carbocycles. The summed E-state index contributed by atoms with van der Waals surface area (Å²) in [5.74, 6) is 0.137. The smallest absolute Gasteiger partial charge is 0.165 e. The van der Waals surface area contributed by atoms with Gasteiger partial charge >= 0.3 is 0 Å². The molecule has 0 N–H and O–H groups in total. The first kappa shape index (κ1) is 12.8. The molecule has 1 aromatic carbocycles. The average molecular weight is 257 g/mol. The van der Waals surface area contributed by atoms with Crippen LogP contribution >= 0.6 is 11.8 Å². The minimum atomic E-state index is 0.137. The number of aryl methyl sites for hydroxylation is 1. The predicted molar refractivity (Wildman–Crippen MR) is 74.2 cm³/mol. The maximum atomic E-state index is 11.8. The Morgan fingerprint density at radius 1 is 1.28 bits per heavy atom. The summed E-state index contributed by atoms with van der Waals surface area (Å²) < 4.78 is 0. The Balaban J connectivity index is 2.32. The van der Waals surface area contributed by atoms with E-state index in [4.69, 9.17) is 0 Å². The Labute approximate surface area is 111 Å². The highest BCUT2D eigenvalue weighted by atomic mass is 32.2. The molecule has 0 radical (unpaired) electrons. The van der Waals surface area contributed by atoms with Crippen molar-refractivity contribution in [3.8, 4) is 0 Å². The van der Waals surface area contributed by atoms with Gasteiger partial charge in [0, 0.05) is 17.5 Å². The molecule has 0 aliphatic heterocycles. The second-order valence-corrected chi connectivity index (χ2v) is 5.11. The summed E-state index contributed by atoms with van der Waals surface area (Å²) in [6.45, 7) is 3.93. The number of aromatic nitrogens is 1. The summed E-state index contributed by atoms with van der Waals surface area (Å²) in [4.78, 5) is 17.3. The molecule has 0 spiro atoms. The van der Waals surface area contributed by atoms with Gasteiger partial charge in [0.15, 0.2) is 5.78 Å². The lowest BCUT2D eigenvalue weighted by Gasteiger charge is -2.06. The first-order valence-corrected chi connectivity index (χ1v) is 6.75. The number of carbonyl (C=O) groups is 1. The van der Waals surface area contributed by atoms with Crippen LogP contribution in [0, 0.1) is 6.92 Å². The van der Waals surface area contributed by atoms with Crippen LogP contribution in [-0.2, 0) is 0 Å². The lowest BCUT2D eigenvalue weighted by molar-refractivity contribution is 0.0984. The molecule has 0 amide bonds. The molecule has 0 bridgehead atoms. The fourth-order valence-corrected chi connectivity index (χ4v) is 2.69. The van der Waals surface area contributed by atoms with E-state index in [-0.39, 0.29) is 5.78 Å². The number of ketones is 1. The molecule has 0 saturated heterocycles. The lowest BCUT2D eigenvalue weighted by atomic mass is 10.1. The van der Waals surface area contributed by atoms with E-state index in [9.17, 15) is 4.79 Å². The molecule has 3 heteroatoms. The lowest BCUT2D eigenvalue weighted by Crippen LogP contribution is -2.00. The summed E-state index contributed by atoms with van der Waals surface area (Å²) in [5.41, 5.74) is 1.92. The maximum absolute atomic E-state index is 11.8. The van der Waals surface area contributed by atoms with Crippen LogP contribution in [0.2, 0.25) is 0 Å². The van der Waals surface area contributed by atoms with Gasteiger partial charge in [0.25, 0.3) is 0 Å². The number of carbonyl (C=O) groups excluding carboxylic acids is 1. The van der Waals surface area contributed by atoms with Crippen LogP contribution in [0.25, 0.3) is 0 Å². The normalized spacial score (nSPS) is 10.3. The molecule has 0 aliphatic carbocycles. The van der Waals surface area contributed by atoms with E-state index in [1.54, 1.807) is 18.0 Å². The molecule has 2 rings (SSSR count). The van der Waals surface area contributed by atoms with Crippen molar-refractivity contribution in [3.63, 3.8) is 0 Å². The third kappa shape index (κ3) is 2.99. The number of hydrogen-bond acceptors (Lipinski definition) is 3. The molecule has 92 valence electrons. The van der Waals surface area contributed by atoms with Gasteiger partial charge in [0.05, 0.1) is 5.56 Å². The Morgan fingerprint density at radius 3 is 2.83 bits per heavy atom. The van der Waals surface area contributed by atoms with Crippen molar-refractivity contribution in [1.29, 1.82) is 0 Å². The molecule has 2 aromatic rings. The number of nitrogens with zero attached hydrogens (tertiary/aromatic N) is 1. The topological polar surface area (TPSA) is 30.0 Å². The zero-order valence-corrected chi connectivity index (χ0v) is 11.3. The van der Waals surface area contributed by atoms with Gasteiger partial charge in [0.1, 0.15) is 5.03 Å². The predicted octanol–water partition coefficient (Wildman–Crippen LogP) is 4.13. The van der Waals surface area contributed by atoms with Crippen LogP contribution in [0.15, 0.2) is 52.5 Å². The van der Waals surface area contributed by atoms with E-state index >= 15 is 0 Å². The zero-order valence-electron chi connectivity index (χ0n) is 10.5. The number of pyridine rings is 1. The van der Waals surface area contributed by atoms with E-state index in [0.717, 1.165) is 9.92 Å². The number of benzene rings is 1. The van der Waals surface area contributed by atoms with Crippen molar-refractivity contribution in [2.24, 2.45) is 0 Å². The Bertz CT molecular complexity index is 566. The van der Waals surface area contributed by atoms with Crippen LogP contribution in [0.3, 0.4) is 0 Å². The minimum absolute atomic E-state index is 0.137. The van der Waals surface area contributed by atoms with Gasteiger partial charge in [-0.3, -0.25) is 4.79 Å². The Morgan fingerprint density at radius 2 is 2.11 bits per heavy atom. The Kier molecular flexibility index (Phi) is 4.15. The summed E-state index contributed by atoms with van der Waals surface area (Å²) in [6.07, 6.45) is 2.23. The van der Waals surface area contributed by atoms with Crippen molar-refractivity contribution in [2.75, 3.05) is 0 Å². The molecule has 0 fully saturated rings. The van der Waals surface area contributed by atoms with Crippen LogP contribution in [0.4, 0.5) is 0 Å². The fraction of sp³-hybridized carbons (Fsp3) is 0.200. The highest BCUT2D eigenvalue weighted by molar-refractivity contribution is 7.99. The number of Topliss-reactive ketones (excluding diaryl/α,β-unsaturated/α-hetero) is 1. The number of hydrogen-bond donors (Lipinski definition) is 0. The van der Waals surface area contributed by atoms with Crippen molar-refractivity contribution in [3.05, 3.63) is 53.7 Å². The molecular formula is C15H15NOS. The molecule has 18 heavy (non-hydrogen) atoms. The van der Waals surface area contributed by atoms with Gasteiger partial charge in [-0.05, 0) is 31.2 Å². The summed E-state index contributed by atoms with van der Waals surface area (Å²) >= 11 is 1.54. The van der Waals surface area contributed by atoms with Gasteiger partial charge in [0.2, 0.25) is 0 Å². The average Bonchev–Trinajstić information content (AvgIpc) is 2.38. The first-order valence-electron chi connectivity index (χ1n) is 5.93. The molecule has 1 aromatic heterocycles. The first-order chi connectivity index (χ1) is 8.70. The molecule has 0 unspecified atom stereocenters. The van der Waals surface area contributed by atoms with Crippen LogP contribution in [-0.4, -0.2) is 10.8 Å². The standard InChI is InChI=1S/C15H15NOS/c1-3-14(17)13-8-5-9-16-15(13)18-12-7-4-6-11(2)10-12/h4-10H,3H2,1-2H3. The number of rotatable bonds is 4. The summed E-state index contributed by atoms with van der Waals surface area (Å²) in [7, 11) is 0. The highest BCUT2D eigenvalue weighted by Gasteiger charge is 2.11. The zero-order chi connectivity index (χ0) is 13.0. The monoisotopic (exact) mass is 257 g/mol. The Hall–Kier alpha value is -1.61. The van der Waals surface area contributed by atoms with E-state index in [1.165, 1.54) is 5.56 Å². The van der Waals surface area contributed by atoms with Crippen molar-refractivity contribution in [1.82, 2.24) is 4.98 Å². The van der Waals surface area contributed by atoms with E-state index in [1.807, 2.05) is 31.2 Å².